The number of ether oxygens (including phenoxy) is 2. The lowest BCUT2D eigenvalue weighted by atomic mass is 9.83. The van der Waals surface area contributed by atoms with Crippen LogP contribution in [0.2, 0.25) is 0 Å². The number of unbranched alkanes of at least 4 members (excludes halogenated alkanes) is 16. The van der Waals surface area contributed by atoms with Crippen molar-refractivity contribution in [2.75, 3.05) is 6.61 Å². The molecule has 0 amide bonds. The molecule has 230 valence electrons. The number of fused-ring (bicyclic) bond motifs is 1. The van der Waals surface area contributed by atoms with Crippen LogP contribution in [-0.4, -0.2) is 23.3 Å². The molecule has 1 aliphatic heterocycles. The molecule has 0 aromatic heterocycles. The van der Waals surface area contributed by atoms with E-state index in [-0.39, 0.29) is 23.7 Å². The van der Waals surface area contributed by atoms with E-state index in [1.807, 2.05) is 13.8 Å². The lowest BCUT2D eigenvalue weighted by molar-refractivity contribution is -0.143. The zero-order valence-corrected chi connectivity index (χ0v) is 26.9. The zero-order chi connectivity index (χ0) is 29.2. The van der Waals surface area contributed by atoms with Gasteiger partial charge in [0, 0.05) is 11.1 Å². The first-order valence-corrected chi connectivity index (χ1v) is 17.0. The number of phenolic OH excluding ortho intramolecular Hbond substituents is 1. The molecule has 0 saturated carbocycles. The van der Waals surface area contributed by atoms with Crippen LogP contribution in [-0.2, 0) is 22.4 Å². The van der Waals surface area contributed by atoms with Crippen LogP contribution >= 0.6 is 0 Å². The van der Waals surface area contributed by atoms with Gasteiger partial charge < -0.3 is 14.6 Å². The standard InChI is InChI=1S/C36H62O4/c1-6-8-10-12-13-14-15-16-17-18-19-20-21-22-25-36(5)26-24-31-32(28-33(37)39-27-23-11-9-7-2)34(38)29(3)30(4)35(31)40-36/h38H,6-28H2,1-5H3. The lowest BCUT2D eigenvalue weighted by Crippen LogP contribution is -2.37. The van der Waals surface area contributed by atoms with Gasteiger partial charge in [-0.25, -0.2) is 0 Å². The maximum Gasteiger partial charge on any atom is 0.310 e. The minimum atomic E-state index is -0.256. The molecule has 40 heavy (non-hydrogen) atoms. The van der Waals surface area contributed by atoms with Crippen molar-refractivity contribution < 1.29 is 19.4 Å². The third-order valence-electron chi connectivity index (χ3n) is 9.08. The number of aromatic hydroxyl groups is 1. The molecule has 0 bridgehead atoms. The summed E-state index contributed by atoms with van der Waals surface area (Å²) in [6.07, 6.45) is 26.4. The Morgan fingerprint density at radius 1 is 0.775 bits per heavy atom. The van der Waals surface area contributed by atoms with Crippen molar-refractivity contribution in [3.05, 3.63) is 22.3 Å². The number of phenols is 1. The van der Waals surface area contributed by atoms with Gasteiger partial charge in [-0.15, -0.1) is 0 Å². The highest BCUT2D eigenvalue weighted by Gasteiger charge is 2.35. The number of hydrogen-bond acceptors (Lipinski definition) is 4. The summed E-state index contributed by atoms with van der Waals surface area (Å²) >= 11 is 0. The van der Waals surface area contributed by atoms with Crippen molar-refractivity contribution in [1.29, 1.82) is 0 Å². The van der Waals surface area contributed by atoms with Gasteiger partial charge in [0.25, 0.3) is 0 Å². The van der Waals surface area contributed by atoms with Crippen LogP contribution < -0.4 is 4.74 Å². The first-order chi connectivity index (χ1) is 19.3. The Morgan fingerprint density at radius 2 is 1.27 bits per heavy atom. The van der Waals surface area contributed by atoms with E-state index in [2.05, 4.69) is 20.8 Å². The molecule has 1 aromatic carbocycles. The smallest absolute Gasteiger partial charge is 0.310 e. The van der Waals surface area contributed by atoms with Crippen molar-refractivity contribution >= 4 is 5.97 Å². The highest BCUT2D eigenvalue weighted by molar-refractivity contribution is 5.76. The SMILES string of the molecule is CCCCCCCCCCCCCCCCC1(C)CCc2c(CC(=O)OCCCCCC)c(O)c(C)c(C)c2O1. The van der Waals surface area contributed by atoms with Gasteiger partial charge in [-0.2, -0.15) is 0 Å². The third-order valence-corrected chi connectivity index (χ3v) is 9.08. The zero-order valence-electron chi connectivity index (χ0n) is 26.9. The van der Waals surface area contributed by atoms with E-state index in [1.165, 1.54) is 96.3 Å². The van der Waals surface area contributed by atoms with Crippen molar-refractivity contribution in [2.45, 2.75) is 181 Å². The molecule has 1 N–H and O–H groups in total. The van der Waals surface area contributed by atoms with Gasteiger partial charge in [-0.05, 0) is 64.0 Å². The predicted molar refractivity (Wildman–Crippen MR) is 169 cm³/mol. The fourth-order valence-corrected chi connectivity index (χ4v) is 6.14. The van der Waals surface area contributed by atoms with E-state index in [0.717, 1.165) is 61.0 Å². The maximum atomic E-state index is 12.6. The van der Waals surface area contributed by atoms with Crippen molar-refractivity contribution in [3.8, 4) is 11.5 Å². The van der Waals surface area contributed by atoms with Crippen LogP contribution in [0.15, 0.2) is 0 Å². The Kier molecular flexibility index (Phi) is 16.7. The van der Waals surface area contributed by atoms with E-state index in [9.17, 15) is 9.90 Å². The third kappa shape index (κ3) is 12.0. The summed E-state index contributed by atoms with van der Waals surface area (Å²) in [5.74, 6) is 0.867. The highest BCUT2D eigenvalue weighted by atomic mass is 16.5. The second-order valence-corrected chi connectivity index (χ2v) is 12.7. The summed E-state index contributed by atoms with van der Waals surface area (Å²) in [5, 5.41) is 10.9. The van der Waals surface area contributed by atoms with Crippen LogP contribution in [0.1, 0.15) is 171 Å². The summed E-state index contributed by atoms with van der Waals surface area (Å²) in [4.78, 5) is 12.6. The Hall–Kier alpha value is -1.71. The minimum absolute atomic E-state index is 0.113. The van der Waals surface area contributed by atoms with Gasteiger partial charge in [0.05, 0.1) is 13.0 Å². The Balaban J connectivity index is 1.74. The number of carbonyl (C=O) groups excluding carboxylic acids is 1. The van der Waals surface area contributed by atoms with E-state index < -0.39 is 0 Å². The average Bonchev–Trinajstić information content (AvgIpc) is 2.94. The van der Waals surface area contributed by atoms with Gasteiger partial charge in [0.15, 0.2) is 0 Å². The number of rotatable bonds is 22. The molecule has 2 rings (SSSR count). The summed E-state index contributed by atoms with van der Waals surface area (Å²) in [6.45, 7) is 11.1. The molecule has 4 heteroatoms. The second-order valence-electron chi connectivity index (χ2n) is 12.7. The maximum absolute atomic E-state index is 12.6. The molecule has 0 radical (unpaired) electrons. The van der Waals surface area contributed by atoms with Crippen LogP contribution in [0.4, 0.5) is 0 Å². The van der Waals surface area contributed by atoms with E-state index in [4.69, 9.17) is 9.47 Å². The molecule has 1 heterocycles. The van der Waals surface area contributed by atoms with E-state index in [1.54, 1.807) is 0 Å². The average molecular weight is 559 g/mol. The topological polar surface area (TPSA) is 55.8 Å². The van der Waals surface area contributed by atoms with Crippen molar-refractivity contribution in [2.24, 2.45) is 0 Å². The number of benzene rings is 1. The Labute approximate surface area is 247 Å². The Morgan fingerprint density at radius 3 is 1.82 bits per heavy atom. The molecule has 1 atom stereocenters. The fourth-order valence-electron chi connectivity index (χ4n) is 6.14. The molecule has 0 saturated heterocycles. The van der Waals surface area contributed by atoms with Crippen LogP contribution in [0.3, 0.4) is 0 Å². The quantitative estimate of drug-likeness (QED) is 0.114. The van der Waals surface area contributed by atoms with Crippen LogP contribution in [0.5, 0.6) is 11.5 Å². The molecule has 1 aromatic rings. The highest BCUT2D eigenvalue weighted by Crippen LogP contribution is 2.45. The lowest BCUT2D eigenvalue weighted by Gasteiger charge is -2.38. The van der Waals surface area contributed by atoms with Gasteiger partial charge in [-0.1, -0.05) is 117 Å². The van der Waals surface area contributed by atoms with Crippen molar-refractivity contribution in [3.63, 3.8) is 0 Å². The van der Waals surface area contributed by atoms with Gasteiger partial charge in [0.2, 0.25) is 0 Å². The number of hydrogen-bond donors (Lipinski definition) is 1. The van der Waals surface area contributed by atoms with Crippen LogP contribution in [0.25, 0.3) is 0 Å². The number of carbonyl (C=O) groups is 1. The molecule has 0 spiro atoms. The molecule has 0 aliphatic carbocycles. The monoisotopic (exact) mass is 558 g/mol. The normalized spacial score (nSPS) is 16.5. The number of esters is 1. The van der Waals surface area contributed by atoms with Gasteiger partial charge in [-0.3, -0.25) is 4.79 Å². The van der Waals surface area contributed by atoms with Crippen LogP contribution in [0, 0.1) is 13.8 Å². The molecular weight excluding hydrogens is 496 g/mol. The first kappa shape index (κ1) is 34.5. The molecule has 1 aliphatic rings. The summed E-state index contributed by atoms with van der Waals surface area (Å²) in [6, 6.07) is 0. The second kappa shape index (κ2) is 19.4. The summed E-state index contributed by atoms with van der Waals surface area (Å²) < 4.78 is 12.2. The van der Waals surface area contributed by atoms with E-state index in [0.29, 0.717) is 12.2 Å². The predicted octanol–water partition coefficient (Wildman–Crippen LogP) is 10.6. The largest absolute Gasteiger partial charge is 0.507 e. The van der Waals surface area contributed by atoms with Crippen molar-refractivity contribution in [1.82, 2.24) is 0 Å². The summed E-state index contributed by atoms with van der Waals surface area (Å²) in [7, 11) is 0. The first-order valence-electron chi connectivity index (χ1n) is 17.0. The van der Waals surface area contributed by atoms with Gasteiger partial charge in [0.1, 0.15) is 17.1 Å². The molecular formula is C36H62O4. The van der Waals surface area contributed by atoms with E-state index >= 15 is 0 Å². The fraction of sp³-hybridized carbons (Fsp3) is 0.806. The minimum Gasteiger partial charge on any atom is -0.507 e. The summed E-state index contributed by atoms with van der Waals surface area (Å²) in [5.41, 5.74) is 3.33. The Bertz CT molecular complexity index is 861. The molecule has 0 fully saturated rings. The van der Waals surface area contributed by atoms with Gasteiger partial charge >= 0.3 is 5.97 Å². The molecule has 4 nitrogen and oxygen atoms in total. The molecule has 1 unspecified atom stereocenters.